The highest BCUT2D eigenvalue weighted by Crippen LogP contribution is 2.12. The van der Waals surface area contributed by atoms with E-state index in [-0.39, 0.29) is 32.0 Å². The number of esters is 2. The van der Waals surface area contributed by atoms with Crippen LogP contribution in [0.3, 0.4) is 0 Å². The largest absolute Gasteiger partial charge is 0.466 e. The predicted molar refractivity (Wildman–Crippen MR) is 127 cm³/mol. The molecule has 0 saturated carbocycles. The highest BCUT2D eigenvalue weighted by Gasteiger charge is 2.24. The van der Waals surface area contributed by atoms with Crippen LogP contribution in [0.2, 0.25) is 0 Å². The van der Waals surface area contributed by atoms with Gasteiger partial charge in [-0.2, -0.15) is 4.98 Å². The van der Waals surface area contributed by atoms with Crippen molar-refractivity contribution in [2.45, 2.75) is 32.7 Å². The van der Waals surface area contributed by atoms with E-state index in [1.165, 1.54) is 0 Å². The van der Waals surface area contributed by atoms with E-state index >= 15 is 0 Å². The Morgan fingerprint density at radius 3 is 2.51 bits per heavy atom. The number of benzene rings is 1. The third kappa shape index (κ3) is 6.48. The lowest BCUT2D eigenvalue weighted by Gasteiger charge is -2.17. The van der Waals surface area contributed by atoms with E-state index in [9.17, 15) is 19.2 Å². The Morgan fingerprint density at radius 2 is 1.83 bits per heavy atom. The molecule has 0 aliphatic carbocycles. The van der Waals surface area contributed by atoms with Crippen molar-refractivity contribution < 1.29 is 23.9 Å². The number of anilines is 1. The number of fused-ring (bicyclic) bond motifs is 1. The zero-order valence-electron chi connectivity index (χ0n) is 19.3. The van der Waals surface area contributed by atoms with Crippen LogP contribution in [0.25, 0.3) is 11.0 Å². The van der Waals surface area contributed by atoms with Gasteiger partial charge in [0.1, 0.15) is 11.7 Å². The lowest BCUT2D eigenvalue weighted by Crippen LogP contribution is -2.42. The first-order chi connectivity index (χ1) is 16.8. The SMILES string of the molecule is CCOC(=O)CCC(NC(=O)c1ccc(C#Cc2c[nH]c3nc(N)[nH]c(=O)c23)cc1)C(=O)OCC. The van der Waals surface area contributed by atoms with Crippen molar-refractivity contribution in [1.29, 1.82) is 0 Å². The standard InChI is InChI=1S/C24H25N5O6/c1-3-34-18(30)12-11-17(23(33)35-4-2)27-21(31)15-8-5-14(6-9-15)7-10-16-13-26-20-19(16)22(32)29-24(25)28-20/h5-6,8-9,13,17H,3-4,11-12H2,1-2H3,(H,27,31)(H4,25,26,28,29,32). The number of aromatic amines is 2. The summed E-state index contributed by atoms with van der Waals surface area (Å²) >= 11 is 0. The number of nitrogens with two attached hydrogens (primary N) is 1. The fourth-order valence-electron chi connectivity index (χ4n) is 3.23. The molecule has 11 heteroatoms. The number of aromatic nitrogens is 3. The molecule has 35 heavy (non-hydrogen) atoms. The predicted octanol–water partition coefficient (Wildman–Crippen LogP) is 1.24. The lowest BCUT2D eigenvalue weighted by atomic mass is 10.1. The van der Waals surface area contributed by atoms with Gasteiger partial charge in [0.25, 0.3) is 11.5 Å². The summed E-state index contributed by atoms with van der Waals surface area (Å²) in [6.07, 6.45) is 1.58. The van der Waals surface area contributed by atoms with Gasteiger partial charge >= 0.3 is 11.9 Å². The first kappa shape index (κ1) is 25.0. The average Bonchev–Trinajstić information content (AvgIpc) is 3.24. The summed E-state index contributed by atoms with van der Waals surface area (Å²) in [6.45, 7) is 3.71. The maximum absolute atomic E-state index is 12.7. The number of hydrogen-bond donors (Lipinski definition) is 4. The number of nitrogens with zero attached hydrogens (tertiary/aromatic N) is 1. The molecular weight excluding hydrogens is 454 g/mol. The zero-order valence-corrected chi connectivity index (χ0v) is 19.3. The smallest absolute Gasteiger partial charge is 0.328 e. The monoisotopic (exact) mass is 479 g/mol. The highest BCUT2D eigenvalue weighted by atomic mass is 16.5. The second kappa shape index (κ2) is 11.5. The molecule has 1 atom stereocenters. The van der Waals surface area contributed by atoms with Crippen molar-refractivity contribution in [3.8, 4) is 11.8 Å². The number of carbonyl (C=O) groups is 3. The normalized spacial score (nSPS) is 11.3. The van der Waals surface area contributed by atoms with Crippen molar-refractivity contribution >= 4 is 34.8 Å². The van der Waals surface area contributed by atoms with Crippen LogP contribution in [0.5, 0.6) is 0 Å². The molecular formula is C24H25N5O6. The molecule has 1 aromatic carbocycles. The Labute approximate surface area is 200 Å². The highest BCUT2D eigenvalue weighted by molar-refractivity contribution is 5.97. The number of ether oxygens (including phenoxy) is 2. The van der Waals surface area contributed by atoms with E-state index in [1.54, 1.807) is 44.3 Å². The molecule has 11 nitrogen and oxygen atoms in total. The van der Waals surface area contributed by atoms with Crippen molar-refractivity contribution in [3.63, 3.8) is 0 Å². The molecule has 1 unspecified atom stereocenters. The lowest BCUT2D eigenvalue weighted by molar-refractivity contribution is -0.146. The number of amides is 1. The summed E-state index contributed by atoms with van der Waals surface area (Å²) in [5.41, 5.74) is 6.82. The summed E-state index contributed by atoms with van der Waals surface area (Å²) in [6, 6.07) is 5.38. The molecule has 0 fully saturated rings. The summed E-state index contributed by atoms with van der Waals surface area (Å²) in [5, 5.41) is 2.90. The molecule has 0 saturated heterocycles. The van der Waals surface area contributed by atoms with Crippen LogP contribution in [0.15, 0.2) is 35.3 Å². The molecule has 182 valence electrons. The van der Waals surface area contributed by atoms with E-state index in [0.29, 0.717) is 27.7 Å². The third-order valence-electron chi connectivity index (χ3n) is 4.87. The van der Waals surface area contributed by atoms with Gasteiger partial charge in [-0.3, -0.25) is 19.4 Å². The van der Waals surface area contributed by atoms with E-state index in [1.807, 2.05) is 0 Å². The van der Waals surface area contributed by atoms with Gasteiger partial charge in [-0.05, 0) is 44.5 Å². The molecule has 0 bridgehead atoms. The number of carbonyl (C=O) groups excluding carboxylic acids is 3. The third-order valence-corrected chi connectivity index (χ3v) is 4.87. The average molecular weight is 479 g/mol. The van der Waals surface area contributed by atoms with Gasteiger partial charge in [0.2, 0.25) is 5.95 Å². The van der Waals surface area contributed by atoms with Crippen molar-refractivity contribution in [3.05, 3.63) is 57.5 Å². The van der Waals surface area contributed by atoms with E-state index in [0.717, 1.165) is 0 Å². The zero-order chi connectivity index (χ0) is 25.4. The van der Waals surface area contributed by atoms with Crippen LogP contribution >= 0.6 is 0 Å². The van der Waals surface area contributed by atoms with Crippen LogP contribution in [0.4, 0.5) is 5.95 Å². The van der Waals surface area contributed by atoms with Crippen LogP contribution in [-0.4, -0.2) is 52.1 Å². The summed E-state index contributed by atoms with van der Waals surface area (Å²) < 4.78 is 9.88. The maximum Gasteiger partial charge on any atom is 0.328 e. The van der Waals surface area contributed by atoms with Crippen LogP contribution in [-0.2, 0) is 19.1 Å². The second-order valence-corrected chi connectivity index (χ2v) is 7.33. The number of rotatable bonds is 8. The van der Waals surface area contributed by atoms with Gasteiger partial charge in [-0.25, -0.2) is 4.79 Å². The summed E-state index contributed by atoms with van der Waals surface area (Å²) in [5.74, 6) is 4.24. The molecule has 1 amide bonds. The van der Waals surface area contributed by atoms with Gasteiger partial charge in [0, 0.05) is 23.7 Å². The second-order valence-electron chi connectivity index (χ2n) is 7.33. The van der Waals surface area contributed by atoms with Gasteiger partial charge in [0.15, 0.2) is 0 Å². The number of H-pyrrole nitrogens is 2. The Morgan fingerprint density at radius 1 is 1.11 bits per heavy atom. The molecule has 2 heterocycles. The Hall–Kier alpha value is -4.59. The number of hydrogen-bond acceptors (Lipinski definition) is 8. The van der Waals surface area contributed by atoms with Crippen molar-refractivity contribution in [2.75, 3.05) is 18.9 Å². The fourth-order valence-corrected chi connectivity index (χ4v) is 3.23. The minimum atomic E-state index is -0.992. The quantitative estimate of drug-likeness (QED) is 0.276. The van der Waals surface area contributed by atoms with E-state index in [2.05, 4.69) is 32.1 Å². The molecule has 3 aromatic rings. The van der Waals surface area contributed by atoms with Crippen LogP contribution in [0.1, 0.15) is 48.2 Å². The van der Waals surface area contributed by atoms with Gasteiger partial charge < -0.3 is 25.5 Å². The van der Waals surface area contributed by atoms with Gasteiger partial charge in [0.05, 0.1) is 24.2 Å². The number of nitrogen functional groups attached to an aromatic ring is 1. The van der Waals surface area contributed by atoms with Gasteiger partial charge in [-0.1, -0.05) is 11.8 Å². The number of nitrogens with one attached hydrogen (secondary N) is 3. The topological polar surface area (TPSA) is 169 Å². The minimum Gasteiger partial charge on any atom is -0.466 e. The first-order valence-electron chi connectivity index (χ1n) is 10.9. The van der Waals surface area contributed by atoms with E-state index < -0.39 is 29.4 Å². The van der Waals surface area contributed by atoms with Crippen molar-refractivity contribution in [2.24, 2.45) is 0 Å². The summed E-state index contributed by atoms with van der Waals surface area (Å²) in [4.78, 5) is 58.0. The minimum absolute atomic E-state index is 0.00353. The first-order valence-corrected chi connectivity index (χ1v) is 10.9. The Kier molecular flexibility index (Phi) is 8.24. The molecule has 0 aliphatic rings. The molecule has 2 aromatic heterocycles. The Bertz CT molecular complexity index is 1350. The van der Waals surface area contributed by atoms with Crippen LogP contribution in [0, 0.1) is 11.8 Å². The summed E-state index contributed by atoms with van der Waals surface area (Å²) in [7, 11) is 0. The maximum atomic E-state index is 12.7. The van der Waals surface area contributed by atoms with Crippen molar-refractivity contribution in [1.82, 2.24) is 20.3 Å². The van der Waals surface area contributed by atoms with Gasteiger partial charge in [-0.15, -0.1) is 0 Å². The van der Waals surface area contributed by atoms with E-state index in [4.69, 9.17) is 15.2 Å². The molecule has 0 radical (unpaired) electrons. The molecule has 0 aliphatic heterocycles. The molecule has 0 spiro atoms. The fraction of sp³-hybridized carbons (Fsp3) is 0.292. The van der Waals surface area contributed by atoms with Crippen LogP contribution < -0.4 is 16.6 Å². The molecule has 5 N–H and O–H groups in total. The molecule has 3 rings (SSSR count). The Balaban J connectivity index is 1.71.